The van der Waals surface area contributed by atoms with E-state index in [2.05, 4.69) is 4.72 Å². The van der Waals surface area contributed by atoms with E-state index in [1.807, 2.05) is 6.92 Å². The van der Waals surface area contributed by atoms with E-state index >= 15 is 0 Å². The Bertz CT molecular complexity index is 572. The van der Waals surface area contributed by atoms with Crippen molar-refractivity contribution in [2.45, 2.75) is 37.6 Å². The Morgan fingerprint density at radius 3 is 2.67 bits per heavy atom. The molecule has 1 unspecified atom stereocenters. The zero-order chi connectivity index (χ0) is 13.5. The van der Waals surface area contributed by atoms with Gasteiger partial charge in [0.05, 0.1) is 0 Å². The van der Waals surface area contributed by atoms with E-state index in [0.29, 0.717) is 11.5 Å². The van der Waals surface area contributed by atoms with Crippen LogP contribution in [0, 0.1) is 12.8 Å². The Balaban J connectivity index is 2.34. The molecule has 0 saturated heterocycles. The number of nitrogens with one attached hydrogen (secondary N) is 1. The predicted octanol–water partition coefficient (Wildman–Crippen LogP) is 1.83. The molecule has 18 heavy (non-hydrogen) atoms. The van der Waals surface area contributed by atoms with Crippen LogP contribution in [0.3, 0.4) is 0 Å². The SMILES string of the molecule is Cc1csc(C(=O)O)c1S(=O)(=O)NC(C)C1CC1. The van der Waals surface area contributed by atoms with Gasteiger partial charge in [0.25, 0.3) is 0 Å². The van der Waals surface area contributed by atoms with E-state index in [-0.39, 0.29) is 15.8 Å². The monoisotopic (exact) mass is 289 g/mol. The zero-order valence-electron chi connectivity index (χ0n) is 10.1. The molecule has 2 N–H and O–H groups in total. The molecule has 100 valence electrons. The van der Waals surface area contributed by atoms with Gasteiger partial charge in [-0.05, 0) is 43.6 Å². The van der Waals surface area contributed by atoms with E-state index in [9.17, 15) is 13.2 Å². The largest absolute Gasteiger partial charge is 0.477 e. The summed E-state index contributed by atoms with van der Waals surface area (Å²) in [5.41, 5.74) is 0.480. The van der Waals surface area contributed by atoms with Gasteiger partial charge in [0.2, 0.25) is 10.0 Å². The third-order valence-electron chi connectivity index (χ3n) is 3.05. The minimum atomic E-state index is -3.75. The summed E-state index contributed by atoms with van der Waals surface area (Å²) in [5.74, 6) is -0.820. The van der Waals surface area contributed by atoms with Gasteiger partial charge in [0.1, 0.15) is 9.77 Å². The molecule has 1 saturated carbocycles. The molecule has 1 aliphatic carbocycles. The quantitative estimate of drug-likeness (QED) is 0.866. The highest BCUT2D eigenvalue weighted by atomic mass is 32.2. The lowest BCUT2D eigenvalue weighted by Gasteiger charge is -2.13. The first-order valence-corrected chi connectivity index (χ1v) is 8.03. The molecule has 0 aliphatic heterocycles. The number of rotatable bonds is 5. The molecule has 2 rings (SSSR count). The van der Waals surface area contributed by atoms with Crippen molar-refractivity contribution in [1.82, 2.24) is 4.72 Å². The number of hydrogen-bond donors (Lipinski definition) is 2. The Labute approximate surface area is 110 Å². The molecule has 1 atom stereocenters. The first kappa shape index (κ1) is 13.5. The number of thiophene rings is 1. The Morgan fingerprint density at radius 1 is 1.56 bits per heavy atom. The zero-order valence-corrected chi connectivity index (χ0v) is 11.8. The van der Waals surface area contributed by atoms with Crippen molar-refractivity contribution in [1.29, 1.82) is 0 Å². The molecule has 0 radical (unpaired) electrons. The number of sulfonamides is 1. The maximum absolute atomic E-state index is 12.2. The molecule has 1 aliphatic rings. The second-order valence-corrected chi connectivity index (χ2v) is 7.16. The molecule has 0 spiro atoms. The van der Waals surface area contributed by atoms with Gasteiger partial charge in [0, 0.05) is 6.04 Å². The summed E-state index contributed by atoms with van der Waals surface area (Å²) in [6.07, 6.45) is 2.05. The van der Waals surface area contributed by atoms with Crippen molar-refractivity contribution >= 4 is 27.3 Å². The van der Waals surface area contributed by atoms with E-state index in [0.717, 1.165) is 24.2 Å². The van der Waals surface area contributed by atoms with Gasteiger partial charge in [-0.1, -0.05) is 0 Å². The molecule has 1 heterocycles. The van der Waals surface area contributed by atoms with E-state index < -0.39 is 16.0 Å². The van der Waals surface area contributed by atoms with Crippen LogP contribution in [0.1, 0.15) is 35.0 Å². The second kappa shape index (κ2) is 4.64. The van der Waals surface area contributed by atoms with Gasteiger partial charge >= 0.3 is 5.97 Å². The smallest absolute Gasteiger partial charge is 0.347 e. The van der Waals surface area contributed by atoms with Crippen LogP contribution >= 0.6 is 11.3 Å². The van der Waals surface area contributed by atoms with Gasteiger partial charge < -0.3 is 5.11 Å². The minimum Gasteiger partial charge on any atom is -0.477 e. The number of carboxylic acids is 1. The molecular formula is C11H15NO4S2. The highest BCUT2D eigenvalue weighted by molar-refractivity contribution is 7.89. The van der Waals surface area contributed by atoms with Crippen molar-refractivity contribution in [3.8, 4) is 0 Å². The third-order valence-corrected chi connectivity index (χ3v) is 6.01. The molecular weight excluding hydrogens is 274 g/mol. The van der Waals surface area contributed by atoms with Gasteiger partial charge in [-0.15, -0.1) is 11.3 Å². The number of carboxylic acid groups (broad SMARTS) is 1. The number of hydrogen-bond acceptors (Lipinski definition) is 4. The van der Waals surface area contributed by atoms with E-state index in [1.54, 1.807) is 12.3 Å². The summed E-state index contributed by atoms with van der Waals surface area (Å²) < 4.78 is 27.0. The molecule has 1 fully saturated rings. The normalized spacial score (nSPS) is 17.7. The molecule has 1 aromatic rings. The summed E-state index contributed by atoms with van der Waals surface area (Å²) in [6.45, 7) is 3.43. The second-order valence-electron chi connectivity index (χ2n) is 4.63. The first-order chi connectivity index (χ1) is 8.33. The highest BCUT2D eigenvalue weighted by Gasteiger charge is 2.33. The lowest BCUT2D eigenvalue weighted by Crippen LogP contribution is -2.34. The predicted molar refractivity (Wildman–Crippen MR) is 68.5 cm³/mol. The summed E-state index contributed by atoms with van der Waals surface area (Å²) in [4.78, 5) is 10.8. The fraction of sp³-hybridized carbons (Fsp3) is 0.545. The topological polar surface area (TPSA) is 83.5 Å². The van der Waals surface area contributed by atoms with Crippen molar-refractivity contribution < 1.29 is 18.3 Å². The number of carbonyl (C=O) groups is 1. The van der Waals surface area contributed by atoms with Crippen molar-refractivity contribution in [3.05, 3.63) is 15.8 Å². The summed E-state index contributed by atoms with van der Waals surface area (Å²) in [6, 6.07) is -0.143. The fourth-order valence-corrected chi connectivity index (χ4v) is 4.85. The highest BCUT2D eigenvalue weighted by Crippen LogP contribution is 2.34. The van der Waals surface area contributed by atoms with Crippen molar-refractivity contribution in [2.75, 3.05) is 0 Å². The number of aromatic carboxylic acids is 1. The van der Waals surface area contributed by atoms with Gasteiger partial charge in [0.15, 0.2) is 0 Å². The van der Waals surface area contributed by atoms with Crippen LogP contribution in [0.5, 0.6) is 0 Å². The van der Waals surface area contributed by atoms with Crippen LogP contribution in [-0.4, -0.2) is 25.5 Å². The van der Waals surface area contributed by atoms with Crippen molar-refractivity contribution in [2.24, 2.45) is 5.92 Å². The molecule has 0 bridgehead atoms. The summed E-state index contributed by atoms with van der Waals surface area (Å²) in [7, 11) is -3.75. The maximum Gasteiger partial charge on any atom is 0.347 e. The van der Waals surface area contributed by atoms with Gasteiger partial charge in [-0.2, -0.15) is 0 Å². The summed E-state index contributed by atoms with van der Waals surface area (Å²) >= 11 is 0.944. The van der Waals surface area contributed by atoms with Crippen LogP contribution < -0.4 is 4.72 Å². The molecule has 0 aromatic carbocycles. The van der Waals surface area contributed by atoms with E-state index in [4.69, 9.17) is 5.11 Å². The van der Waals surface area contributed by atoms with Crippen LogP contribution in [0.4, 0.5) is 0 Å². The third kappa shape index (κ3) is 2.57. The van der Waals surface area contributed by atoms with Crippen LogP contribution in [0.25, 0.3) is 0 Å². The number of aryl methyl sites for hydroxylation is 1. The Hall–Kier alpha value is -0.920. The Morgan fingerprint density at radius 2 is 2.17 bits per heavy atom. The summed E-state index contributed by atoms with van der Waals surface area (Å²) in [5, 5.41) is 10.6. The van der Waals surface area contributed by atoms with Gasteiger partial charge in [-0.3, -0.25) is 0 Å². The maximum atomic E-state index is 12.2. The average molecular weight is 289 g/mol. The molecule has 5 nitrogen and oxygen atoms in total. The fourth-order valence-electron chi connectivity index (χ4n) is 1.91. The molecule has 0 amide bonds. The molecule has 7 heteroatoms. The lowest BCUT2D eigenvalue weighted by molar-refractivity contribution is 0.0698. The average Bonchev–Trinajstić information content (AvgIpc) is 3.00. The van der Waals surface area contributed by atoms with Crippen LogP contribution in [0.2, 0.25) is 0 Å². The van der Waals surface area contributed by atoms with E-state index in [1.165, 1.54) is 0 Å². The lowest BCUT2D eigenvalue weighted by atomic mass is 10.2. The Kier molecular flexibility index (Phi) is 3.48. The molecule has 1 aromatic heterocycles. The van der Waals surface area contributed by atoms with Crippen LogP contribution in [0.15, 0.2) is 10.3 Å². The first-order valence-electron chi connectivity index (χ1n) is 5.66. The minimum absolute atomic E-state index is 0.0903. The van der Waals surface area contributed by atoms with Gasteiger partial charge in [-0.25, -0.2) is 17.9 Å². The standard InChI is InChI=1S/C11H15NO4S2/c1-6-5-17-9(11(13)14)10(6)18(15,16)12-7(2)8-3-4-8/h5,7-8,12H,3-4H2,1-2H3,(H,13,14). The van der Waals surface area contributed by atoms with Crippen LogP contribution in [-0.2, 0) is 10.0 Å². The van der Waals surface area contributed by atoms with Crippen molar-refractivity contribution in [3.63, 3.8) is 0 Å².